The van der Waals surface area contributed by atoms with Crippen molar-refractivity contribution < 1.29 is 0 Å². The molecule has 0 aromatic heterocycles. The Morgan fingerprint density at radius 3 is 1.92 bits per heavy atom. The maximum Gasteiger partial charge on any atom is 0.0207 e. The molecule has 0 rings (SSSR count). The summed E-state index contributed by atoms with van der Waals surface area (Å²) in [4.78, 5) is 0. The Morgan fingerprint density at radius 1 is 0.917 bits per heavy atom. The molecule has 0 nitrogen and oxygen atoms in total. The topological polar surface area (TPSA) is 0 Å². The van der Waals surface area contributed by atoms with Crippen LogP contribution in [0, 0.1) is 0 Å². The van der Waals surface area contributed by atoms with E-state index in [2.05, 4.69) is 20.8 Å². The molecule has 0 bridgehead atoms. The molecule has 0 saturated carbocycles. The molecule has 73 valence electrons. The average molecular weight is 187 g/mol. The fourth-order valence-electron chi connectivity index (χ4n) is 1.33. The van der Waals surface area contributed by atoms with Gasteiger partial charge in [-0.25, -0.2) is 0 Å². The number of hydrogen-bond acceptors (Lipinski definition) is 0. The highest BCUT2D eigenvalue weighted by Gasteiger charge is 2.10. The molecule has 0 unspecified atom stereocenters. The number of hydrogen-bond donors (Lipinski definition) is 0. The summed E-state index contributed by atoms with van der Waals surface area (Å²) in [6.45, 7) is 6.55. The lowest BCUT2D eigenvalue weighted by molar-refractivity contribution is 0.544. The van der Waals surface area contributed by atoms with E-state index in [1.54, 1.807) is 0 Å². The van der Waals surface area contributed by atoms with Gasteiger partial charge in [0.05, 0.1) is 0 Å². The van der Waals surface area contributed by atoms with Gasteiger partial charge in [-0.3, -0.25) is 0 Å². The van der Waals surface area contributed by atoms with Crippen molar-refractivity contribution in [2.24, 2.45) is 0 Å². The van der Waals surface area contributed by atoms with Gasteiger partial charge < -0.3 is 0 Å². The molecule has 0 aliphatic rings. The van der Waals surface area contributed by atoms with Gasteiger partial charge in [0.2, 0.25) is 0 Å². The Bertz CT molecular complexity index is 91.7. The summed E-state index contributed by atoms with van der Waals surface area (Å²) in [5.41, 5.74) is 0. The Morgan fingerprint density at radius 2 is 1.42 bits per heavy atom. The fourth-order valence-corrected chi connectivity index (χ4v) is 1.48. The molecule has 0 atom stereocenters. The van der Waals surface area contributed by atoms with E-state index in [4.69, 9.17) is 12.6 Å². The summed E-state index contributed by atoms with van der Waals surface area (Å²) in [5, 5.41) is 0. The van der Waals surface area contributed by atoms with Crippen LogP contribution in [0.1, 0.15) is 65.7 Å². The first kappa shape index (κ1) is 12.3. The molecule has 0 saturated heterocycles. The van der Waals surface area contributed by atoms with Gasteiger partial charge in [0.15, 0.2) is 0 Å². The molecule has 0 aliphatic heterocycles. The highest BCUT2D eigenvalue weighted by atomic mass is 32.1. The lowest BCUT2D eigenvalue weighted by Crippen LogP contribution is -2.09. The quantitative estimate of drug-likeness (QED) is 0.506. The van der Waals surface area contributed by atoms with Gasteiger partial charge in [0.1, 0.15) is 0 Å². The monoisotopic (exact) mass is 187 g/mol. The van der Waals surface area contributed by atoms with Crippen LogP contribution in [0.4, 0.5) is 0 Å². The van der Waals surface area contributed by atoms with Gasteiger partial charge in [0, 0.05) is 4.75 Å². The van der Waals surface area contributed by atoms with Crippen LogP contribution in [0.2, 0.25) is 0 Å². The van der Waals surface area contributed by atoms with Gasteiger partial charge in [-0.2, -0.15) is 0 Å². The zero-order chi connectivity index (χ0) is 9.45. The minimum atomic E-state index is 0.130. The van der Waals surface area contributed by atoms with Crippen LogP contribution in [-0.2, 0) is 0 Å². The van der Waals surface area contributed by atoms with Crippen LogP contribution in [-0.4, -0.2) is 4.75 Å². The predicted molar refractivity (Wildman–Crippen MR) is 59.7 cm³/mol. The minimum Gasteiger partial charge on any atom is -0.0873 e. The Kier molecular flexibility index (Phi) is 7.02. The van der Waals surface area contributed by atoms with Crippen molar-refractivity contribution in [3.63, 3.8) is 0 Å². The lowest BCUT2D eigenvalue weighted by Gasteiger charge is -2.14. The van der Waals surface area contributed by atoms with E-state index in [9.17, 15) is 0 Å². The van der Waals surface area contributed by atoms with Crippen LogP contribution in [0.15, 0.2) is 0 Å². The fraction of sp³-hybridized carbons (Fsp3) is 1.00. The largest absolute Gasteiger partial charge is 0.0873 e. The van der Waals surface area contributed by atoms with E-state index in [0.29, 0.717) is 0 Å². The zero-order valence-electron chi connectivity index (χ0n) is 8.86. The summed E-state index contributed by atoms with van der Waals surface area (Å²) in [5.74, 6) is 0. The number of unbranched alkanes of at least 4 members (excludes halogenated alkanes) is 5. The molecular formula is C11H23S. The number of rotatable bonds is 7. The molecule has 0 spiro atoms. The standard InChI is InChI=1S/C11H23S/c1-4-5-6-7-8-9-10-11(2,3)12/h4-10H2,1-3H3. The van der Waals surface area contributed by atoms with E-state index >= 15 is 0 Å². The van der Waals surface area contributed by atoms with Crippen LogP contribution >= 0.6 is 12.6 Å². The van der Waals surface area contributed by atoms with Gasteiger partial charge in [-0.05, 0) is 20.3 Å². The van der Waals surface area contributed by atoms with Gasteiger partial charge in [0.25, 0.3) is 0 Å². The van der Waals surface area contributed by atoms with E-state index in [-0.39, 0.29) is 4.75 Å². The molecular weight excluding hydrogens is 164 g/mol. The third-order valence-corrected chi connectivity index (χ3v) is 2.34. The maximum absolute atomic E-state index is 5.29. The van der Waals surface area contributed by atoms with Crippen molar-refractivity contribution in [3.05, 3.63) is 0 Å². The van der Waals surface area contributed by atoms with Crippen molar-refractivity contribution in [1.82, 2.24) is 0 Å². The zero-order valence-corrected chi connectivity index (χ0v) is 9.67. The second-order valence-electron chi connectivity index (χ2n) is 4.28. The molecule has 0 aromatic carbocycles. The SMILES string of the molecule is CCCCCCCCC(C)(C)[S]. The Hall–Kier alpha value is 0.350. The van der Waals surface area contributed by atoms with Crippen LogP contribution < -0.4 is 0 Å². The predicted octanol–water partition coefficient (Wildman–Crippen LogP) is 4.71. The summed E-state index contributed by atoms with van der Waals surface area (Å²) >= 11 is 5.29. The molecule has 0 N–H and O–H groups in total. The summed E-state index contributed by atoms with van der Waals surface area (Å²) in [6.07, 6.45) is 9.45. The van der Waals surface area contributed by atoms with Gasteiger partial charge in [-0.15, -0.1) is 0 Å². The molecule has 0 aromatic rings. The summed E-state index contributed by atoms with van der Waals surface area (Å²) in [7, 11) is 0. The van der Waals surface area contributed by atoms with Gasteiger partial charge in [-0.1, -0.05) is 58.1 Å². The Balaban J connectivity index is 3.01. The Labute approximate surface area is 83.5 Å². The van der Waals surface area contributed by atoms with Crippen molar-refractivity contribution >= 4 is 12.6 Å². The molecule has 0 fully saturated rings. The summed E-state index contributed by atoms with van der Waals surface area (Å²) in [6, 6.07) is 0. The van der Waals surface area contributed by atoms with Crippen molar-refractivity contribution in [2.75, 3.05) is 0 Å². The first-order valence-corrected chi connectivity index (χ1v) is 5.67. The first-order valence-electron chi connectivity index (χ1n) is 5.26. The molecule has 0 aliphatic carbocycles. The summed E-state index contributed by atoms with van der Waals surface area (Å²) < 4.78 is 0.130. The third-order valence-electron chi connectivity index (χ3n) is 2.13. The third kappa shape index (κ3) is 10.3. The van der Waals surface area contributed by atoms with Crippen LogP contribution in [0.25, 0.3) is 0 Å². The van der Waals surface area contributed by atoms with Crippen LogP contribution in [0.5, 0.6) is 0 Å². The lowest BCUT2D eigenvalue weighted by atomic mass is 10.0. The highest BCUT2D eigenvalue weighted by molar-refractivity contribution is 7.81. The second kappa shape index (κ2) is 6.82. The van der Waals surface area contributed by atoms with Crippen LogP contribution in [0.3, 0.4) is 0 Å². The van der Waals surface area contributed by atoms with Crippen molar-refractivity contribution in [2.45, 2.75) is 70.5 Å². The first-order chi connectivity index (χ1) is 5.56. The molecule has 1 heteroatoms. The molecule has 0 amide bonds. The average Bonchev–Trinajstić information content (AvgIpc) is 1.94. The normalized spacial score (nSPS) is 12.0. The van der Waals surface area contributed by atoms with E-state index in [1.165, 1.54) is 44.9 Å². The van der Waals surface area contributed by atoms with Crippen molar-refractivity contribution in [3.8, 4) is 0 Å². The second-order valence-corrected chi connectivity index (χ2v) is 5.38. The maximum atomic E-state index is 5.29. The smallest absolute Gasteiger partial charge is 0.0207 e. The van der Waals surface area contributed by atoms with E-state index in [1.807, 2.05) is 0 Å². The van der Waals surface area contributed by atoms with Crippen molar-refractivity contribution in [1.29, 1.82) is 0 Å². The molecule has 12 heavy (non-hydrogen) atoms. The van der Waals surface area contributed by atoms with E-state index < -0.39 is 0 Å². The molecule has 0 heterocycles. The molecule has 1 radical (unpaired) electrons. The van der Waals surface area contributed by atoms with E-state index in [0.717, 1.165) is 0 Å². The van der Waals surface area contributed by atoms with Gasteiger partial charge >= 0.3 is 0 Å². The minimum absolute atomic E-state index is 0.130. The highest BCUT2D eigenvalue weighted by Crippen LogP contribution is 2.20.